The Hall–Kier alpha value is -3.24. The highest BCUT2D eigenvalue weighted by atomic mass is 19.3. The van der Waals surface area contributed by atoms with Crippen molar-refractivity contribution in [2.24, 2.45) is 5.73 Å². The molecule has 0 bridgehead atoms. The summed E-state index contributed by atoms with van der Waals surface area (Å²) in [6.45, 7) is 5.28. The van der Waals surface area contributed by atoms with Crippen LogP contribution in [0, 0.1) is 0 Å². The zero-order valence-corrected chi connectivity index (χ0v) is 15.7. The van der Waals surface area contributed by atoms with Gasteiger partial charge in [-0.3, -0.25) is 4.79 Å². The Morgan fingerprint density at radius 3 is 2.82 bits per heavy atom. The molecule has 1 atom stereocenters. The second-order valence-corrected chi connectivity index (χ2v) is 6.72. The number of carbonyl (C=O) groups excluding carboxylic acids is 1. The molecule has 5 N–H and O–H groups in total. The fourth-order valence-electron chi connectivity index (χ4n) is 2.99. The summed E-state index contributed by atoms with van der Waals surface area (Å²) >= 11 is 0. The van der Waals surface area contributed by atoms with Crippen molar-refractivity contribution in [1.82, 2.24) is 15.0 Å². The third-order valence-corrected chi connectivity index (χ3v) is 4.24. The number of hydrogen-bond acceptors (Lipinski definition) is 8. The number of aromatic nitrogens is 3. The normalized spacial score (nSPS) is 15.9. The topological polar surface area (TPSA) is 121 Å². The number of anilines is 5. The number of alkyl halides is 2. The van der Waals surface area contributed by atoms with E-state index in [1.165, 1.54) is 6.20 Å². The van der Waals surface area contributed by atoms with Crippen LogP contribution in [0.15, 0.2) is 24.5 Å². The van der Waals surface area contributed by atoms with Crippen LogP contribution in [-0.4, -0.2) is 45.5 Å². The molecule has 0 aromatic carbocycles. The minimum absolute atomic E-state index is 0.0637. The Morgan fingerprint density at radius 2 is 2.14 bits per heavy atom. The standard InChI is InChI=1S/C17H22F2N8O/c1-9(2)27-10(3)24-11-7-22-14(6-12(11)27)25-13-4-5-21-16(26-13)23-8-17(18,19)15(20)28/h4-7,9-10,24H,8H2,1-3H3,(H2,20,28)(H2,21,22,23,25,26). The first-order valence-corrected chi connectivity index (χ1v) is 8.74. The molecule has 2 aromatic rings. The molecule has 150 valence electrons. The van der Waals surface area contributed by atoms with Gasteiger partial charge in [0.05, 0.1) is 30.3 Å². The molecule has 0 radical (unpaired) electrons. The van der Waals surface area contributed by atoms with Crippen LogP contribution in [-0.2, 0) is 4.79 Å². The van der Waals surface area contributed by atoms with E-state index in [0.717, 1.165) is 11.4 Å². The molecule has 9 nitrogen and oxygen atoms in total. The highest BCUT2D eigenvalue weighted by Crippen LogP contribution is 2.37. The highest BCUT2D eigenvalue weighted by Gasteiger charge is 2.36. The largest absolute Gasteiger partial charge is 0.364 e. The zero-order valence-electron chi connectivity index (χ0n) is 15.7. The average Bonchev–Trinajstić information content (AvgIpc) is 2.95. The second kappa shape index (κ2) is 7.41. The highest BCUT2D eigenvalue weighted by molar-refractivity contribution is 5.82. The van der Waals surface area contributed by atoms with Gasteiger partial charge in [0, 0.05) is 18.3 Å². The van der Waals surface area contributed by atoms with Gasteiger partial charge in [-0.2, -0.15) is 13.8 Å². The van der Waals surface area contributed by atoms with Crippen molar-refractivity contribution in [1.29, 1.82) is 0 Å². The number of rotatable bonds is 7. The van der Waals surface area contributed by atoms with Crippen molar-refractivity contribution < 1.29 is 13.6 Å². The van der Waals surface area contributed by atoms with E-state index in [2.05, 4.69) is 62.3 Å². The number of carbonyl (C=O) groups is 1. The second-order valence-electron chi connectivity index (χ2n) is 6.72. The van der Waals surface area contributed by atoms with Crippen molar-refractivity contribution >= 4 is 34.9 Å². The SMILES string of the molecule is CC(C)N1c2cc(Nc3ccnc(NCC(F)(F)C(N)=O)n3)ncc2NC1C. The number of nitrogens with zero attached hydrogens (tertiary/aromatic N) is 4. The molecule has 3 heterocycles. The lowest BCUT2D eigenvalue weighted by molar-refractivity contribution is -0.139. The number of pyridine rings is 1. The maximum atomic E-state index is 13.3. The van der Waals surface area contributed by atoms with Crippen LogP contribution < -0.4 is 26.6 Å². The van der Waals surface area contributed by atoms with E-state index in [9.17, 15) is 13.6 Å². The minimum atomic E-state index is -3.70. The van der Waals surface area contributed by atoms with Crippen LogP contribution in [0.4, 0.5) is 37.7 Å². The van der Waals surface area contributed by atoms with Crippen LogP contribution in [0.25, 0.3) is 0 Å². The van der Waals surface area contributed by atoms with Crippen LogP contribution in [0.1, 0.15) is 20.8 Å². The molecule has 0 saturated carbocycles. The Kier molecular flexibility index (Phi) is 5.16. The quantitative estimate of drug-likeness (QED) is 0.565. The summed E-state index contributed by atoms with van der Waals surface area (Å²) in [5.41, 5.74) is 6.60. The average molecular weight is 392 g/mol. The van der Waals surface area contributed by atoms with E-state index in [1.54, 1.807) is 12.3 Å². The fourth-order valence-corrected chi connectivity index (χ4v) is 2.99. The number of fused-ring (bicyclic) bond motifs is 1. The predicted molar refractivity (Wildman–Crippen MR) is 103 cm³/mol. The van der Waals surface area contributed by atoms with Crippen LogP contribution >= 0.6 is 0 Å². The molecule has 0 spiro atoms. The van der Waals surface area contributed by atoms with Gasteiger partial charge in [0.15, 0.2) is 0 Å². The van der Waals surface area contributed by atoms with Gasteiger partial charge in [0.2, 0.25) is 5.95 Å². The van der Waals surface area contributed by atoms with Gasteiger partial charge in [0.1, 0.15) is 11.6 Å². The summed E-state index contributed by atoms with van der Waals surface area (Å²) in [7, 11) is 0. The predicted octanol–water partition coefficient (Wildman–Crippen LogP) is 2.13. The first kappa shape index (κ1) is 19.5. The van der Waals surface area contributed by atoms with Gasteiger partial charge >= 0.3 is 5.92 Å². The molecule has 28 heavy (non-hydrogen) atoms. The van der Waals surface area contributed by atoms with Gasteiger partial charge in [-0.1, -0.05) is 0 Å². The Labute approximate surface area is 160 Å². The van der Waals surface area contributed by atoms with Gasteiger partial charge in [-0.05, 0) is 26.8 Å². The molecule has 0 fully saturated rings. The number of nitrogens with one attached hydrogen (secondary N) is 3. The monoisotopic (exact) mass is 392 g/mol. The third-order valence-electron chi connectivity index (χ3n) is 4.24. The lowest BCUT2D eigenvalue weighted by Gasteiger charge is -2.28. The van der Waals surface area contributed by atoms with Crippen LogP contribution in [0.5, 0.6) is 0 Å². The Morgan fingerprint density at radius 1 is 1.39 bits per heavy atom. The molecule has 1 aliphatic heterocycles. The summed E-state index contributed by atoms with van der Waals surface area (Å²) in [6, 6.07) is 3.76. The number of hydrogen-bond donors (Lipinski definition) is 4. The fraction of sp³-hybridized carbons (Fsp3) is 0.412. The third kappa shape index (κ3) is 4.02. The number of amides is 1. The van der Waals surface area contributed by atoms with E-state index in [-0.39, 0.29) is 12.1 Å². The molecule has 3 rings (SSSR count). The lowest BCUT2D eigenvalue weighted by Crippen LogP contribution is -2.41. The molecule has 2 aromatic heterocycles. The number of primary amides is 1. The minimum Gasteiger partial charge on any atom is -0.364 e. The van der Waals surface area contributed by atoms with E-state index in [0.29, 0.717) is 17.7 Å². The maximum absolute atomic E-state index is 13.3. The summed E-state index contributed by atoms with van der Waals surface area (Å²) in [5, 5.41) is 8.70. The van der Waals surface area contributed by atoms with Gasteiger partial charge < -0.3 is 26.6 Å². The van der Waals surface area contributed by atoms with Crippen LogP contribution in [0.2, 0.25) is 0 Å². The van der Waals surface area contributed by atoms with E-state index in [1.807, 2.05) is 6.07 Å². The first-order valence-electron chi connectivity index (χ1n) is 8.74. The van der Waals surface area contributed by atoms with Crippen molar-refractivity contribution in [3.8, 4) is 0 Å². The smallest absolute Gasteiger partial charge is 0.341 e. The first-order chi connectivity index (χ1) is 13.2. The Balaban J connectivity index is 1.74. The van der Waals surface area contributed by atoms with Crippen molar-refractivity contribution in [2.45, 2.75) is 38.9 Å². The number of halogens is 2. The van der Waals surface area contributed by atoms with Crippen molar-refractivity contribution in [3.63, 3.8) is 0 Å². The molecule has 1 amide bonds. The van der Waals surface area contributed by atoms with Crippen molar-refractivity contribution in [2.75, 3.05) is 27.4 Å². The summed E-state index contributed by atoms with van der Waals surface area (Å²) in [6.07, 6.45) is 3.27. The molecular weight excluding hydrogens is 370 g/mol. The summed E-state index contributed by atoms with van der Waals surface area (Å²) in [4.78, 5) is 25.2. The summed E-state index contributed by atoms with van der Waals surface area (Å²) < 4.78 is 26.6. The molecular formula is C17H22F2N8O. The molecule has 1 aliphatic rings. The molecule has 1 unspecified atom stereocenters. The number of nitrogens with two attached hydrogens (primary N) is 1. The maximum Gasteiger partial charge on any atom is 0.341 e. The van der Waals surface area contributed by atoms with E-state index in [4.69, 9.17) is 0 Å². The lowest BCUT2D eigenvalue weighted by atomic mass is 10.2. The molecule has 11 heteroatoms. The van der Waals surface area contributed by atoms with E-state index < -0.39 is 18.4 Å². The molecule has 0 saturated heterocycles. The Bertz CT molecular complexity index is 876. The van der Waals surface area contributed by atoms with E-state index >= 15 is 0 Å². The van der Waals surface area contributed by atoms with Gasteiger partial charge in [-0.25, -0.2) is 9.97 Å². The molecule has 0 aliphatic carbocycles. The van der Waals surface area contributed by atoms with Gasteiger partial charge in [-0.15, -0.1) is 0 Å². The van der Waals surface area contributed by atoms with Gasteiger partial charge in [0.25, 0.3) is 5.91 Å². The zero-order chi connectivity index (χ0) is 20.5. The van der Waals surface area contributed by atoms with Crippen molar-refractivity contribution in [3.05, 3.63) is 24.5 Å². The summed E-state index contributed by atoms with van der Waals surface area (Å²) in [5.74, 6) is -4.56. The van der Waals surface area contributed by atoms with Crippen LogP contribution in [0.3, 0.4) is 0 Å².